The zero-order chi connectivity index (χ0) is 32.1. The molecule has 0 saturated heterocycles. The predicted molar refractivity (Wildman–Crippen MR) is 157 cm³/mol. The third-order valence-electron chi connectivity index (χ3n) is 8.77. The Hall–Kier alpha value is -4.52. The Kier molecular flexibility index (Phi) is 8.10. The molecule has 0 fully saturated rings. The third-order valence-corrected chi connectivity index (χ3v) is 8.77. The fourth-order valence-corrected chi connectivity index (χ4v) is 6.84. The van der Waals surface area contributed by atoms with E-state index in [1.54, 1.807) is 27.1 Å². The van der Waals surface area contributed by atoms with E-state index in [1.807, 2.05) is 24.3 Å². The standard InChI is InChI=1S/C32H35N3O9/c1-4-44-22(37)14-34-13-15-5-7-16(8-6-15)18-9-10-21(36)24-19(18)11-17-12-20-26(35(2)3)28(39)25(31(33)42)30(41)32(20,43)29(40)23(17)27(24)38/h5-10,17,20,26,34,36,39-40,43H,4,11-14H2,1-3H3,(H2,33,42)/t17-,20-,26+,32-/m0/s1. The highest BCUT2D eigenvalue weighted by Crippen LogP contribution is 2.53. The van der Waals surface area contributed by atoms with Crippen molar-refractivity contribution in [2.24, 2.45) is 17.6 Å². The maximum absolute atomic E-state index is 13.9. The Labute approximate surface area is 253 Å². The van der Waals surface area contributed by atoms with Crippen molar-refractivity contribution in [1.29, 1.82) is 0 Å². The minimum Gasteiger partial charge on any atom is -0.510 e. The molecule has 0 aromatic heterocycles. The van der Waals surface area contributed by atoms with E-state index in [0.29, 0.717) is 24.3 Å². The lowest BCUT2D eigenvalue weighted by Gasteiger charge is -2.50. The summed E-state index contributed by atoms with van der Waals surface area (Å²) in [6.07, 6.45) is 0.188. The van der Waals surface area contributed by atoms with Crippen molar-refractivity contribution in [1.82, 2.24) is 10.2 Å². The average Bonchev–Trinajstić information content (AvgIpc) is 2.95. The van der Waals surface area contributed by atoms with Crippen LogP contribution in [0, 0.1) is 11.8 Å². The van der Waals surface area contributed by atoms with Gasteiger partial charge in [-0.2, -0.15) is 0 Å². The number of fused-ring (bicyclic) bond motifs is 3. The Bertz CT molecular complexity index is 1630. The SMILES string of the molecule is CCOC(=O)CNCc1ccc(-c2ccc(O)c3c2C[C@H]2C[C@H]4[C@@H](N(C)C)C(O)=C(C(N)=O)C(=O)[C@@]4(O)C(O)=C2C3=O)cc1. The molecule has 12 nitrogen and oxygen atoms in total. The second kappa shape index (κ2) is 11.5. The topological polar surface area (TPSA) is 200 Å². The smallest absolute Gasteiger partial charge is 0.319 e. The van der Waals surface area contributed by atoms with E-state index in [0.717, 1.165) is 11.1 Å². The molecule has 1 amide bonds. The Morgan fingerprint density at radius 1 is 1.09 bits per heavy atom. The van der Waals surface area contributed by atoms with E-state index in [4.69, 9.17) is 10.5 Å². The van der Waals surface area contributed by atoms with Gasteiger partial charge in [-0.1, -0.05) is 30.3 Å². The first-order valence-electron chi connectivity index (χ1n) is 14.3. The van der Waals surface area contributed by atoms with Crippen molar-refractivity contribution >= 4 is 23.4 Å². The number of phenolic OH excluding ortho intramolecular Hbond substituents is 1. The van der Waals surface area contributed by atoms with Gasteiger partial charge < -0.3 is 36.2 Å². The molecule has 12 heteroatoms. The number of likely N-dealkylation sites (N-methyl/N-ethyl adjacent to an activating group) is 1. The summed E-state index contributed by atoms with van der Waals surface area (Å²) >= 11 is 0. The van der Waals surface area contributed by atoms with Crippen molar-refractivity contribution in [2.45, 2.75) is 38.0 Å². The third kappa shape index (κ3) is 4.84. The lowest BCUT2D eigenvalue weighted by molar-refractivity contribution is -0.148. The number of nitrogens with one attached hydrogen (secondary N) is 1. The van der Waals surface area contributed by atoms with Gasteiger partial charge in [0.1, 0.15) is 22.8 Å². The number of aliphatic hydroxyl groups excluding tert-OH is 2. The monoisotopic (exact) mass is 605 g/mol. The second-order valence-corrected chi connectivity index (χ2v) is 11.6. The minimum absolute atomic E-state index is 0.00588. The molecule has 0 aliphatic heterocycles. The summed E-state index contributed by atoms with van der Waals surface area (Å²) < 4.78 is 4.91. The molecule has 0 unspecified atom stereocenters. The van der Waals surface area contributed by atoms with Gasteiger partial charge in [0.15, 0.2) is 11.4 Å². The molecule has 3 aliphatic rings. The molecule has 0 heterocycles. The highest BCUT2D eigenvalue weighted by molar-refractivity contribution is 6.24. The van der Waals surface area contributed by atoms with Crippen LogP contribution in [0.5, 0.6) is 5.75 Å². The first kappa shape index (κ1) is 30.9. The van der Waals surface area contributed by atoms with Crippen LogP contribution in [0.4, 0.5) is 0 Å². The Morgan fingerprint density at radius 2 is 1.77 bits per heavy atom. The van der Waals surface area contributed by atoms with Crippen LogP contribution in [0.2, 0.25) is 0 Å². The maximum Gasteiger partial charge on any atom is 0.319 e. The van der Waals surface area contributed by atoms with Crippen LogP contribution < -0.4 is 11.1 Å². The molecule has 44 heavy (non-hydrogen) atoms. The lowest BCUT2D eigenvalue weighted by Crippen LogP contribution is -2.63. The van der Waals surface area contributed by atoms with E-state index < -0.39 is 58.0 Å². The van der Waals surface area contributed by atoms with Gasteiger partial charge in [0.25, 0.3) is 5.91 Å². The molecule has 0 spiro atoms. The van der Waals surface area contributed by atoms with E-state index in [1.165, 1.54) is 11.0 Å². The van der Waals surface area contributed by atoms with Gasteiger partial charge in [-0.15, -0.1) is 0 Å². The maximum atomic E-state index is 13.9. The number of nitrogens with zero attached hydrogens (tertiary/aromatic N) is 1. The van der Waals surface area contributed by atoms with Crippen LogP contribution in [0.3, 0.4) is 0 Å². The van der Waals surface area contributed by atoms with Gasteiger partial charge in [-0.25, -0.2) is 0 Å². The molecule has 5 rings (SSSR count). The second-order valence-electron chi connectivity index (χ2n) is 11.6. The highest BCUT2D eigenvalue weighted by Gasteiger charge is 2.63. The number of ether oxygens (including phenoxy) is 1. The van der Waals surface area contributed by atoms with Crippen LogP contribution in [-0.4, -0.2) is 87.7 Å². The van der Waals surface area contributed by atoms with Gasteiger partial charge >= 0.3 is 5.97 Å². The number of ketones is 2. The summed E-state index contributed by atoms with van der Waals surface area (Å²) in [6, 6.07) is 9.47. The number of amides is 1. The number of esters is 1. The van der Waals surface area contributed by atoms with Crippen molar-refractivity contribution < 1.29 is 44.3 Å². The lowest BCUT2D eigenvalue weighted by atomic mass is 9.58. The number of phenols is 1. The number of hydrogen-bond acceptors (Lipinski definition) is 11. The molecule has 232 valence electrons. The fourth-order valence-electron chi connectivity index (χ4n) is 6.84. The summed E-state index contributed by atoms with van der Waals surface area (Å²) in [7, 11) is 3.17. The van der Waals surface area contributed by atoms with Crippen LogP contribution in [-0.2, 0) is 32.1 Å². The Morgan fingerprint density at radius 3 is 2.39 bits per heavy atom. The molecule has 0 saturated carbocycles. The van der Waals surface area contributed by atoms with Gasteiger partial charge in [0, 0.05) is 18.0 Å². The molecule has 2 aromatic rings. The van der Waals surface area contributed by atoms with Crippen molar-refractivity contribution in [2.75, 3.05) is 27.2 Å². The van der Waals surface area contributed by atoms with Crippen molar-refractivity contribution in [3.63, 3.8) is 0 Å². The number of allylic oxidation sites excluding steroid dienone is 1. The van der Waals surface area contributed by atoms with E-state index in [-0.39, 0.29) is 42.2 Å². The largest absolute Gasteiger partial charge is 0.510 e. The van der Waals surface area contributed by atoms with E-state index in [2.05, 4.69) is 5.32 Å². The van der Waals surface area contributed by atoms with E-state index in [9.17, 15) is 39.6 Å². The summed E-state index contributed by atoms with van der Waals surface area (Å²) in [6.45, 7) is 2.54. The van der Waals surface area contributed by atoms with Gasteiger partial charge in [0.2, 0.25) is 5.78 Å². The molecular formula is C32H35N3O9. The number of hydrogen-bond donors (Lipinski definition) is 6. The quantitative estimate of drug-likeness (QED) is 0.188. The van der Waals surface area contributed by atoms with Crippen LogP contribution in [0.15, 0.2) is 59.1 Å². The zero-order valence-electron chi connectivity index (χ0n) is 24.6. The number of aliphatic hydroxyl groups is 3. The number of benzene rings is 2. The minimum atomic E-state index is -2.69. The van der Waals surface area contributed by atoms with Gasteiger partial charge in [0.05, 0.1) is 24.8 Å². The molecule has 7 N–H and O–H groups in total. The molecule has 0 radical (unpaired) electrons. The first-order chi connectivity index (χ1) is 20.8. The number of rotatable bonds is 8. The number of Topliss-reactive ketones (excluding diaryl/α,β-unsaturated/α-hetero) is 2. The van der Waals surface area contributed by atoms with Crippen LogP contribution in [0.25, 0.3) is 11.1 Å². The molecule has 0 bridgehead atoms. The summed E-state index contributed by atoms with van der Waals surface area (Å²) in [4.78, 5) is 52.6. The highest BCUT2D eigenvalue weighted by atomic mass is 16.5. The average molecular weight is 606 g/mol. The first-order valence-corrected chi connectivity index (χ1v) is 14.3. The zero-order valence-corrected chi connectivity index (χ0v) is 24.6. The summed E-state index contributed by atoms with van der Waals surface area (Å²) in [5.41, 5.74) is 4.48. The number of carbonyl (C=O) groups is 4. The number of carbonyl (C=O) groups excluding carboxylic acids is 4. The van der Waals surface area contributed by atoms with Crippen molar-refractivity contribution in [3.05, 3.63) is 75.8 Å². The van der Waals surface area contributed by atoms with Crippen LogP contribution >= 0.6 is 0 Å². The number of primary amides is 1. The van der Waals surface area contributed by atoms with Crippen LogP contribution in [0.1, 0.15) is 34.8 Å². The predicted octanol–water partition coefficient (Wildman–Crippen LogP) is 1.44. The number of aromatic hydroxyl groups is 1. The molecule has 3 aliphatic carbocycles. The summed E-state index contributed by atoms with van der Waals surface area (Å²) in [5, 5.41) is 47.9. The molecule has 4 atom stereocenters. The van der Waals surface area contributed by atoms with Gasteiger partial charge in [-0.3, -0.25) is 24.1 Å². The van der Waals surface area contributed by atoms with E-state index >= 15 is 0 Å². The fraction of sp³-hybridized carbons (Fsp3) is 0.375. The van der Waals surface area contributed by atoms with Crippen molar-refractivity contribution in [3.8, 4) is 16.9 Å². The molecule has 2 aromatic carbocycles. The normalized spacial score (nSPS) is 24.6. The number of nitrogens with two attached hydrogens (primary N) is 1. The summed E-state index contributed by atoms with van der Waals surface area (Å²) in [5.74, 6) is -7.25. The van der Waals surface area contributed by atoms with Gasteiger partial charge in [-0.05, 0) is 68.1 Å². The molecular weight excluding hydrogens is 570 g/mol. The Balaban J connectivity index is 1.53.